The van der Waals surface area contributed by atoms with E-state index in [9.17, 15) is 0 Å². The molecule has 0 aliphatic carbocycles. The fraction of sp³-hybridized carbons (Fsp3) is 0.889. The van der Waals surface area contributed by atoms with E-state index in [2.05, 4.69) is 72.9 Å². The van der Waals surface area contributed by atoms with Crippen LogP contribution < -0.4 is 0 Å². The second-order valence-electron chi connectivity index (χ2n) is 8.23. The van der Waals surface area contributed by atoms with Crippen LogP contribution in [0, 0.1) is 17.8 Å². The maximum Gasteiger partial charge on any atom is 0.148 e. The van der Waals surface area contributed by atoms with Crippen molar-refractivity contribution < 1.29 is 0 Å². The van der Waals surface area contributed by atoms with Gasteiger partial charge in [0.25, 0.3) is 0 Å². The Hall–Kier alpha value is -0.310. The fourth-order valence-electron chi connectivity index (χ4n) is 3.34. The van der Waals surface area contributed by atoms with Crippen molar-refractivity contribution >= 4 is 8.37 Å². The molecule has 0 spiro atoms. The average molecular weight is 340 g/mol. The molecule has 0 atom stereocenters. The molecule has 5 heteroatoms. The summed E-state index contributed by atoms with van der Waals surface area (Å²) in [7, 11) is -0.379. The first-order valence-electron chi connectivity index (χ1n) is 9.35. The second kappa shape index (κ2) is 8.69. The SMILES string of the molecule is CC(C)CN1/C=C\N2CCN(CC(C)C)P1N(CC(C)C)CC2. The molecule has 23 heavy (non-hydrogen) atoms. The van der Waals surface area contributed by atoms with Gasteiger partial charge < -0.3 is 9.57 Å². The lowest BCUT2D eigenvalue weighted by Crippen LogP contribution is -2.48. The first-order valence-corrected chi connectivity index (χ1v) is 10.6. The van der Waals surface area contributed by atoms with Crippen LogP contribution in [0.2, 0.25) is 0 Å². The minimum absolute atomic E-state index is 0.379. The average Bonchev–Trinajstić information content (AvgIpc) is 2.38. The molecule has 0 N–H and O–H groups in total. The van der Waals surface area contributed by atoms with Gasteiger partial charge in [0.2, 0.25) is 0 Å². The van der Waals surface area contributed by atoms with Crippen LogP contribution in [0.5, 0.6) is 0 Å². The Bertz CT molecular complexity index is 361. The molecule has 4 nitrogen and oxygen atoms in total. The third-order valence-electron chi connectivity index (χ3n) is 4.18. The highest BCUT2D eigenvalue weighted by atomic mass is 31.2. The normalized spacial score (nSPS) is 23.0. The number of fused-ring (bicyclic) bond motifs is 5. The summed E-state index contributed by atoms with van der Waals surface area (Å²) in [4.78, 5) is 2.51. The van der Waals surface area contributed by atoms with E-state index in [0.29, 0.717) is 5.92 Å². The first kappa shape index (κ1) is 19.0. The van der Waals surface area contributed by atoms with Gasteiger partial charge in [-0.15, -0.1) is 0 Å². The van der Waals surface area contributed by atoms with Gasteiger partial charge in [-0.1, -0.05) is 41.5 Å². The summed E-state index contributed by atoms with van der Waals surface area (Å²) < 4.78 is 8.21. The predicted octanol–water partition coefficient (Wildman–Crippen LogP) is 3.89. The molecule has 3 aliphatic rings. The molecule has 3 heterocycles. The van der Waals surface area contributed by atoms with Gasteiger partial charge >= 0.3 is 0 Å². The van der Waals surface area contributed by atoms with Crippen LogP contribution >= 0.6 is 8.37 Å². The van der Waals surface area contributed by atoms with Crippen molar-refractivity contribution in [2.45, 2.75) is 41.5 Å². The van der Waals surface area contributed by atoms with Gasteiger partial charge in [-0.3, -0.25) is 9.34 Å². The molecule has 3 rings (SSSR count). The van der Waals surface area contributed by atoms with Crippen LogP contribution in [0.15, 0.2) is 12.4 Å². The van der Waals surface area contributed by atoms with Crippen LogP contribution in [0.1, 0.15) is 41.5 Å². The molecule has 2 bridgehead atoms. The van der Waals surface area contributed by atoms with E-state index < -0.39 is 0 Å². The van der Waals surface area contributed by atoms with Gasteiger partial charge in [0.15, 0.2) is 0 Å². The summed E-state index contributed by atoms with van der Waals surface area (Å²) in [5, 5.41) is 0. The minimum atomic E-state index is -0.379. The number of nitrogens with zero attached hydrogens (tertiary/aromatic N) is 4. The Labute approximate surface area is 145 Å². The Balaban J connectivity index is 2.31. The molecule has 134 valence electrons. The highest BCUT2D eigenvalue weighted by molar-refractivity contribution is 7.50. The standard InChI is InChI=1S/C18H37N4P/c1-16(2)13-20-10-7-19-8-11-21(14-17(3)4)23(20)22(12-9-19)15-18(5)6/h7,10,16-18H,8-9,11-15H2,1-6H3/b10-7-. The molecule has 0 unspecified atom stereocenters. The Morgan fingerprint density at radius 3 is 1.61 bits per heavy atom. The molecule has 1 saturated heterocycles. The zero-order valence-electron chi connectivity index (χ0n) is 16.1. The Kier molecular flexibility index (Phi) is 7.19. The molecule has 0 aromatic carbocycles. The van der Waals surface area contributed by atoms with Crippen LogP contribution in [0.4, 0.5) is 0 Å². The van der Waals surface area contributed by atoms with Crippen molar-refractivity contribution in [1.29, 1.82) is 0 Å². The Morgan fingerprint density at radius 2 is 1.17 bits per heavy atom. The zero-order chi connectivity index (χ0) is 17.0. The maximum atomic E-state index is 2.78. The van der Waals surface area contributed by atoms with Crippen molar-refractivity contribution in [3.05, 3.63) is 12.4 Å². The molecule has 0 aromatic heterocycles. The maximum absolute atomic E-state index is 2.78. The summed E-state index contributed by atoms with van der Waals surface area (Å²) in [5.41, 5.74) is 0. The van der Waals surface area contributed by atoms with E-state index in [1.807, 2.05) is 0 Å². The number of hydrogen-bond acceptors (Lipinski definition) is 4. The van der Waals surface area contributed by atoms with Gasteiger partial charge in [0, 0.05) is 58.2 Å². The molecule has 0 aromatic rings. The number of hydrogen-bond donors (Lipinski definition) is 0. The van der Waals surface area contributed by atoms with Gasteiger partial charge in [0.1, 0.15) is 8.37 Å². The first-order chi connectivity index (χ1) is 10.9. The van der Waals surface area contributed by atoms with E-state index in [1.165, 1.54) is 39.3 Å². The molecule has 3 aliphatic heterocycles. The molecule has 1 fully saturated rings. The van der Waals surface area contributed by atoms with Crippen molar-refractivity contribution in [3.8, 4) is 0 Å². The van der Waals surface area contributed by atoms with Gasteiger partial charge in [-0.2, -0.15) is 0 Å². The van der Waals surface area contributed by atoms with Crippen LogP contribution in [-0.2, 0) is 0 Å². The van der Waals surface area contributed by atoms with E-state index in [0.717, 1.165) is 18.4 Å². The van der Waals surface area contributed by atoms with Crippen LogP contribution in [0.3, 0.4) is 0 Å². The molecule has 0 amide bonds. The van der Waals surface area contributed by atoms with E-state index in [1.54, 1.807) is 0 Å². The monoisotopic (exact) mass is 340 g/mol. The molecule has 0 saturated carbocycles. The second-order valence-corrected chi connectivity index (χ2v) is 10.4. The summed E-state index contributed by atoms with van der Waals surface area (Å²) >= 11 is 0. The van der Waals surface area contributed by atoms with E-state index >= 15 is 0 Å². The summed E-state index contributed by atoms with van der Waals surface area (Å²) in [5.74, 6) is 2.13. The van der Waals surface area contributed by atoms with Gasteiger partial charge in [-0.25, -0.2) is 0 Å². The van der Waals surface area contributed by atoms with Crippen molar-refractivity contribution in [2.75, 3.05) is 45.8 Å². The van der Waals surface area contributed by atoms with Crippen molar-refractivity contribution in [3.63, 3.8) is 0 Å². The lowest BCUT2D eigenvalue weighted by molar-refractivity contribution is 0.218. The van der Waals surface area contributed by atoms with Crippen molar-refractivity contribution in [1.82, 2.24) is 18.9 Å². The molecule has 0 radical (unpaired) electrons. The highest BCUT2D eigenvalue weighted by Crippen LogP contribution is 2.50. The summed E-state index contributed by atoms with van der Waals surface area (Å²) in [6, 6.07) is 0. The third kappa shape index (κ3) is 5.62. The highest BCUT2D eigenvalue weighted by Gasteiger charge is 2.34. The number of rotatable bonds is 6. The Morgan fingerprint density at radius 1 is 0.696 bits per heavy atom. The minimum Gasteiger partial charge on any atom is -0.374 e. The summed E-state index contributed by atoms with van der Waals surface area (Å²) in [6.45, 7) is 22.4. The van der Waals surface area contributed by atoms with Crippen molar-refractivity contribution in [2.24, 2.45) is 17.8 Å². The summed E-state index contributed by atoms with van der Waals surface area (Å²) in [6.07, 6.45) is 4.72. The van der Waals surface area contributed by atoms with Gasteiger partial charge in [-0.05, 0) is 17.8 Å². The van der Waals surface area contributed by atoms with E-state index in [4.69, 9.17) is 0 Å². The van der Waals surface area contributed by atoms with E-state index in [-0.39, 0.29) is 8.37 Å². The predicted molar refractivity (Wildman–Crippen MR) is 102 cm³/mol. The largest absolute Gasteiger partial charge is 0.374 e. The van der Waals surface area contributed by atoms with Crippen LogP contribution in [-0.4, -0.2) is 64.7 Å². The zero-order valence-corrected chi connectivity index (χ0v) is 17.0. The smallest absolute Gasteiger partial charge is 0.148 e. The van der Waals surface area contributed by atoms with Gasteiger partial charge in [0.05, 0.1) is 0 Å². The fourth-order valence-corrected chi connectivity index (χ4v) is 6.48. The third-order valence-corrected chi connectivity index (χ3v) is 6.67. The van der Waals surface area contributed by atoms with Crippen LogP contribution in [0.25, 0.3) is 0 Å². The molecular weight excluding hydrogens is 303 g/mol. The quantitative estimate of drug-likeness (QED) is 0.680. The topological polar surface area (TPSA) is 13.0 Å². The molecular formula is C18H37N4P. The lowest BCUT2D eigenvalue weighted by Gasteiger charge is -2.50. The lowest BCUT2D eigenvalue weighted by atomic mass is 10.2.